The average molecular weight is 386 g/mol. The summed E-state index contributed by atoms with van der Waals surface area (Å²) in [5.74, 6) is -0.124. The third-order valence-corrected chi connectivity index (χ3v) is 7.06. The highest BCUT2D eigenvalue weighted by molar-refractivity contribution is 5.80. The fourth-order valence-electron chi connectivity index (χ4n) is 5.35. The fourth-order valence-corrected chi connectivity index (χ4v) is 5.35. The van der Waals surface area contributed by atoms with Crippen LogP contribution < -0.4 is 5.32 Å². The Bertz CT molecular complexity index is 710. The summed E-state index contributed by atoms with van der Waals surface area (Å²) in [6.07, 6.45) is 4.77. The van der Waals surface area contributed by atoms with Crippen molar-refractivity contribution in [1.82, 2.24) is 15.1 Å². The summed E-state index contributed by atoms with van der Waals surface area (Å²) in [5.41, 5.74) is 0.671. The van der Waals surface area contributed by atoms with E-state index >= 15 is 0 Å². The number of carbonyl (C=O) groups excluding carboxylic acids is 1. The molecule has 3 atom stereocenters. The van der Waals surface area contributed by atoms with Crippen molar-refractivity contribution in [3.63, 3.8) is 0 Å². The normalized spacial score (nSPS) is 29.8. The standard InChI is InChI=1S/C22H31N3O3/c26-20(27)22-10-4-7-19(22)15-25(16-22)21(28)23-13-18-9-12-24(14-18)11-8-17-5-2-1-3-6-17/h1-3,5-6,18-19H,4,7-16H2,(H,23,28)(H,26,27)/t18?,19-,22+/m0/s1. The highest BCUT2D eigenvalue weighted by Gasteiger charge is 2.55. The van der Waals surface area contributed by atoms with Gasteiger partial charge in [0.05, 0.1) is 5.41 Å². The molecular weight excluding hydrogens is 354 g/mol. The Morgan fingerprint density at radius 1 is 1.18 bits per heavy atom. The van der Waals surface area contributed by atoms with Gasteiger partial charge in [0.15, 0.2) is 0 Å². The first-order valence-electron chi connectivity index (χ1n) is 10.6. The van der Waals surface area contributed by atoms with Gasteiger partial charge in [-0.25, -0.2) is 4.79 Å². The topological polar surface area (TPSA) is 72.9 Å². The third kappa shape index (κ3) is 3.88. The molecule has 1 aromatic rings. The Morgan fingerprint density at radius 3 is 2.75 bits per heavy atom. The molecular formula is C22H31N3O3. The number of rotatable bonds is 6. The van der Waals surface area contributed by atoms with E-state index in [0.29, 0.717) is 32.0 Å². The number of carbonyl (C=O) groups is 2. The van der Waals surface area contributed by atoms with Crippen LogP contribution in [0.15, 0.2) is 30.3 Å². The van der Waals surface area contributed by atoms with Gasteiger partial charge >= 0.3 is 12.0 Å². The van der Waals surface area contributed by atoms with Crippen molar-refractivity contribution in [2.75, 3.05) is 39.3 Å². The Balaban J connectivity index is 1.20. The zero-order chi connectivity index (χ0) is 19.6. The molecule has 3 fully saturated rings. The van der Waals surface area contributed by atoms with Gasteiger partial charge in [0.25, 0.3) is 0 Å². The van der Waals surface area contributed by atoms with E-state index in [9.17, 15) is 14.7 Å². The van der Waals surface area contributed by atoms with Gasteiger partial charge in [-0.05, 0) is 49.6 Å². The van der Waals surface area contributed by atoms with Gasteiger partial charge in [-0.15, -0.1) is 0 Å². The molecule has 28 heavy (non-hydrogen) atoms. The van der Waals surface area contributed by atoms with Gasteiger partial charge in [0.2, 0.25) is 0 Å². The molecule has 2 N–H and O–H groups in total. The minimum Gasteiger partial charge on any atom is -0.481 e. The van der Waals surface area contributed by atoms with Crippen LogP contribution in [0.25, 0.3) is 0 Å². The maximum Gasteiger partial charge on any atom is 0.317 e. The lowest BCUT2D eigenvalue weighted by Gasteiger charge is -2.23. The minimum absolute atomic E-state index is 0.0854. The number of hydrogen-bond acceptors (Lipinski definition) is 3. The Hall–Kier alpha value is -2.08. The number of urea groups is 1. The highest BCUT2D eigenvalue weighted by Crippen LogP contribution is 2.48. The van der Waals surface area contributed by atoms with Gasteiger partial charge in [0, 0.05) is 32.7 Å². The predicted octanol–water partition coefficient (Wildman–Crippen LogP) is 2.45. The first-order valence-corrected chi connectivity index (χ1v) is 10.6. The van der Waals surface area contributed by atoms with Crippen LogP contribution >= 0.6 is 0 Å². The van der Waals surface area contributed by atoms with Crippen LogP contribution in [-0.2, 0) is 11.2 Å². The number of carboxylic acids is 1. The van der Waals surface area contributed by atoms with Crippen molar-refractivity contribution in [2.24, 2.45) is 17.3 Å². The summed E-state index contributed by atoms with van der Waals surface area (Å²) >= 11 is 0. The van der Waals surface area contributed by atoms with E-state index in [0.717, 1.165) is 45.3 Å². The van der Waals surface area contributed by atoms with Gasteiger partial charge in [-0.2, -0.15) is 0 Å². The monoisotopic (exact) mass is 385 g/mol. The second-order valence-electron chi connectivity index (χ2n) is 8.81. The number of carboxylic acid groups (broad SMARTS) is 1. The molecule has 3 aliphatic rings. The quantitative estimate of drug-likeness (QED) is 0.789. The van der Waals surface area contributed by atoms with E-state index in [1.165, 1.54) is 5.56 Å². The van der Waals surface area contributed by atoms with E-state index in [1.807, 2.05) is 6.07 Å². The summed E-state index contributed by atoms with van der Waals surface area (Å²) < 4.78 is 0. The lowest BCUT2D eigenvalue weighted by molar-refractivity contribution is -0.149. The smallest absolute Gasteiger partial charge is 0.317 e. The number of nitrogens with one attached hydrogen (secondary N) is 1. The molecule has 2 heterocycles. The molecule has 2 saturated heterocycles. The molecule has 2 amide bonds. The van der Waals surface area contributed by atoms with Crippen molar-refractivity contribution in [2.45, 2.75) is 32.1 Å². The number of hydrogen-bond donors (Lipinski definition) is 2. The van der Waals surface area contributed by atoms with Crippen LogP contribution in [0.2, 0.25) is 0 Å². The van der Waals surface area contributed by atoms with Crippen LogP contribution in [0.4, 0.5) is 4.79 Å². The summed E-state index contributed by atoms with van der Waals surface area (Å²) in [5, 5.41) is 12.7. The van der Waals surface area contributed by atoms with Crippen LogP contribution in [0.3, 0.4) is 0 Å². The lowest BCUT2D eigenvalue weighted by atomic mass is 9.81. The SMILES string of the molecule is O=C(NCC1CCN(CCc2ccccc2)C1)N1C[C@@H]2CCC[C@@]2(C(=O)O)C1. The molecule has 152 valence electrons. The van der Waals surface area contributed by atoms with Crippen LogP contribution in [-0.4, -0.2) is 66.2 Å². The first kappa shape index (κ1) is 19.2. The van der Waals surface area contributed by atoms with Gasteiger partial charge in [-0.1, -0.05) is 36.8 Å². The number of likely N-dealkylation sites (tertiary alicyclic amines) is 2. The second kappa shape index (κ2) is 8.11. The summed E-state index contributed by atoms with van der Waals surface area (Å²) in [7, 11) is 0. The van der Waals surface area contributed by atoms with Gasteiger partial charge in [-0.3, -0.25) is 4.79 Å². The molecule has 0 aromatic heterocycles. The van der Waals surface area contributed by atoms with E-state index in [2.05, 4.69) is 34.5 Å². The molecule has 1 saturated carbocycles. The van der Waals surface area contributed by atoms with Crippen LogP contribution in [0.1, 0.15) is 31.2 Å². The highest BCUT2D eigenvalue weighted by atomic mass is 16.4. The Labute approximate surface area is 166 Å². The summed E-state index contributed by atoms with van der Waals surface area (Å²) in [4.78, 5) is 28.6. The maximum absolute atomic E-state index is 12.6. The summed E-state index contributed by atoms with van der Waals surface area (Å²) in [6, 6.07) is 10.5. The van der Waals surface area contributed by atoms with E-state index in [-0.39, 0.29) is 11.9 Å². The molecule has 6 nitrogen and oxygen atoms in total. The van der Waals surface area contributed by atoms with Crippen molar-refractivity contribution in [1.29, 1.82) is 0 Å². The van der Waals surface area contributed by atoms with Crippen molar-refractivity contribution < 1.29 is 14.7 Å². The zero-order valence-electron chi connectivity index (χ0n) is 16.5. The largest absolute Gasteiger partial charge is 0.481 e. The molecule has 0 bridgehead atoms. The van der Waals surface area contributed by atoms with E-state index in [1.54, 1.807) is 4.90 Å². The predicted molar refractivity (Wildman–Crippen MR) is 107 cm³/mol. The Morgan fingerprint density at radius 2 is 2.00 bits per heavy atom. The third-order valence-electron chi connectivity index (χ3n) is 7.06. The molecule has 2 aliphatic heterocycles. The Kier molecular flexibility index (Phi) is 5.58. The molecule has 4 rings (SSSR count). The number of amides is 2. The van der Waals surface area contributed by atoms with Gasteiger partial charge < -0.3 is 20.2 Å². The van der Waals surface area contributed by atoms with Crippen LogP contribution in [0.5, 0.6) is 0 Å². The molecule has 6 heteroatoms. The average Bonchev–Trinajstić information content (AvgIpc) is 3.39. The number of benzene rings is 1. The summed E-state index contributed by atoms with van der Waals surface area (Å²) in [6.45, 7) is 4.81. The fraction of sp³-hybridized carbons (Fsp3) is 0.636. The lowest BCUT2D eigenvalue weighted by Crippen LogP contribution is -2.43. The van der Waals surface area contributed by atoms with Gasteiger partial charge in [0.1, 0.15) is 0 Å². The molecule has 1 unspecified atom stereocenters. The molecule has 0 spiro atoms. The van der Waals surface area contributed by atoms with E-state index < -0.39 is 11.4 Å². The van der Waals surface area contributed by atoms with Crippen LogP contribution in [0, 0.1) is 17.3 Å². The van der Waals surface area contributed by atoms with Crippen molar-refractivity contribution >= 4 is 12.0 Å². The molecule has 1 aliphatic carbocycles. The van der Waals surface area contributed by atoms with Crippen molar-refractivity contribution in [3.05, 3.63) is 35.9 Å². The second-order valence-corrected chi connectivity index (χ2v) is 8.81. The molecule has 0 radical (unpaired) electrons. The number of fused-ring (bicyclic) bond motifs is 1. The molecule has 1 aromatic carbocycles. The maximum atomic E-state index is 12.6. The zero-order valence-corrected chi connectivity index (χ0v) is 16.5. The van der Waals surface area contributed by atoms with Crippen molar-refractivity contribution in [3.8, 4) is 0 Å². The minimum atomic E-state index is -0.727. The number of nitrogens with zero attached hydrogens (tertiary/aromatic N) is 2. The number of aliphatic carboxylic acids is 1. The van der Waals surface area contributed by atoms with E-state index in [4.69, 9.17) is 0 Å². The first-order chi connectivity index (χ1) is 13.6.